The van der Waals surface area contributed by atoms with Gasteiger partial charge in [-0.25, -0.2) is 8.78 Å². The summed E-state index contributed by atoms with van der Waals surface area (Å²) in [5, 5.41) is 0. The van der Waals surface area contributed by atoms with E-state index in [9.17, 15) is 13.2 Å². The van der Waals surface area contributed by atoms with Crippen LogP contribution in [0.15, 0.2) is 54.6 Å². The third kappa shape index (κ3) is 5.72. The Hall–Kier alpha value is -2.03. The van der Waals surface area contributed by atoms with Gasteiger partial charge in [0.15, 0.2) is 11.6 Å². The molecule has 3 heteroatoms. The van der Waals surface area contributed by atoms with Crippen molar-refractivity contribution in [2.45, 2.75) is 44.9 Å². The summed E-state index contributed by atoms with van der Waals surface area (Å²) in [6.45, 7) is -0.263. The molecule has 1 saturated carbocycles. The Balaban J connectivity index is 1.47. The molecule has 1 aliphatic carbocycles. The lowest BCUT2D eigenvalue weighted by Crippen LogP contribution is -2.13. The first-order valence-corrected chi connectivity index (χ1v) is 9.92. The van der Waals surface area contributed by atoms with Crippen LogP contribution in [0, 0.1) is 23.5 Å². The van der Waals surface area contributed by atoms with Gasteiger partial charge >= 0.3 is 0 Å². The molecule has 27 heavy (non-hydrogen) atoms. The molecule has 1 aliphatic rings. The highest BCUT2D eigenvalue weighted by Crippen LogP contribution is 2.32. The maximum Gasteiger partial charge on any atom is 0.159 e. The average molecular weight is 372 g/mol. The molecule has 0 spiro atoms. The number of hydrogen-bond acceptors (Lipinski definition) is 0. The monoisotopic (exact) mass is 372 g/mol. The van der Waals surface area contributed by atoms with E-state index in [0.717, 1.165) is 17.9 Å². The summed E-state index contributed by atoms with van der Waals surface area (Å²) in [6.07, 6.45) is 11.9. The number of rotatable bonds is 7. The van der Waals surface area contributed by atoms with Crippen LogP contribution < -0.4 is 0 Å². The standard InChI is InChI=1S/C24H27F3/c25-16-2-1-3-18-4-6-19(7-5-18)8-9-20-10-12-21(13-11-20)22-14-15-23(26)24(27)17-22/h1,3,10-15,17-19H,2,4-9,16H2/t18-,19-. The van der Waals surface area contributed by atoms with Crippen molar-refractivity contribution in [2.75, 3.05) is 6.67 Å². The van der Waals surface area contributed by atoms with Crippen molar-refractivity contribution < 1.29 is 13.2 Å². The van der Waals surface area contributed by atoms with E-state index < -0.39 is 11.6 Å². The second kappa shape index (κ2) is 9.77. The van der Waals surface area contributed by atoms with Gasteiger partial charge < -0.3 is 0 Å². The first kappa shape index (κ1) is 19.7. The predicted molar refractivity (Wildman–Crippen MR) is 105 cm³/mol. The fourth-order valence-electron chi connectivity index (χ4n) is 3.93. The van der Waals surface area contributed by atoms with Gasteiger partial charge in [-0.15, -0.1) is 0 Å². The third-order valence-corrected chi connectivity index (χ3v) is 5.62. The average Bonchev–Trinajstić information content (AvgIpc) is 2.70. The third-order valence-electron chi connectivity index (χ3n) is 5.62. The van der Waals surface area contributed by atoms with Gasteiger partial charge in [-0.3, -0.25) is 4.39 Å². The van der Waals surface area contributed by atoms with Gasteiger partial charge in [-0.1, -0.05) is 42.5 Å². The summed E-state index contributed by atoms with van der Waals surface area (Å²) in [7, 11) is 0. The van der Waals surface area contributed by atoms with Gasteiger partial charge in [-0.2, -0.15) is 0 Å². The molecule has 0 saturated heterocycles. The van der Waals surface area contributed by atoms with E-state index in [0.29, 0.717) is 17.9 Å². The van der Waals surface area contributed by atoms with Gasteiger partial charge in [-0.05, 0) is 85.6 Å². The fourth-order valence-corrected chi connectivity index (χ4v) is 3.93. The second-order valence-corrected chi connectivity index (χ2v) is 7.55. The lowest BCUT2D eigenvalue weighted by molar-refractivity contribution is 0.296. The Morgan fingerprint density at radius 1 is 0.852 bits per heavy atom. The van der Waals surface area contributed by atoms with Crippen LogP contribution in [0.3, 0.4) is 0 Å². The zero-order valence-electron chi connectivity index (χ0n) is 15.6. The molecule has 0 atom stereocenters. The molecular weight excluding hydrogens is 345 g/mol. The van der Waals surface area contributed by atoms with Crippen molar-refractivity contribution in [3.05, 3.63) is 71.8 Å². The lowest BCUT2D eigenvalue weighted by Gasteiger charge is -2.26. The first-order chi connectivity index (χ1) is 13.2. The highest BCUT2D eigenvalue weighted by Gasteiger charge is 2.19. The summed E-state index contributed by atoms with van der Waals surface area (Å²) in [5.41, 5.74) is 2.88. The van der Waals surface area contributed by atoms with E-state index >= 15 is 0 Å². The van der Waals surface area contributed by atoms with Gasteiger partial charge in [0.2, 0.25) is 0 Å². The SMILES string of the molecule is FCCC=C[C@H]1CC[C@H](CCc2ccc(-c3ccc(F)c(F)c3)cc2)CC1. The number of alkyl halides is 1. The molecule has 0 aromatic heterocycles. The van der Waals surface area contributed by atoms with Crippen LogP contribution in [0.5, 0.6) is 0 Å². The number of halogens is 3. The molecule has 2 aromatic carbocycles. The fraction of sp³-hybridized carbons (Fsp3) is 0.417. The van der Waals surface area contributed by atoms with Crippen LogP contribution in [-0.2, 0) is 6.42 Å². The molecule has 0 unspecified atom stereocenters. The van der Waals surface area contributed by atoms with E-state index in [4.69, 9.17) is 0 Å². The molecule has 1 fully saturated rings. The Morgan fingerprint density at radius 2 is 1.56 bits per heavy atom. The summed E-state index contributed by atoms with van der Waals surface area (Å²) in [4.78, 5) is 0. The van der Waals surface area contributed by atoms with Gasteiger partial charge in [0.1, 0.15) is 0 Å². The molecule has 0 aliphatic heterocycles. The smallest absolute Gasteiger partial charge is 0.159 e. The molecule has 0 amide bonds. The highest BCUT2D eigenvalue weighted by atomic mass is 19.2. The number of aryl methyl sites for hydroxylation is 1. The largest absolute Gasteiger partial charge is 0.251 e. The Labute approximate surface area is 160 Å². The molecule has 0 bridgehead atoms. The van der Waals surface area contributed by atoms with Crippen LogP contribution in [0.25, 0.3) is 11.1 Å². The summed E-state index contributed by atoms with van der Waals surface area (Å²) in [5.74, 6) is -0.236. The highest BCUT2D eigenvalue weighted by molar-refractivity contribution is 5.63. The van der Waals surface area contributed by atoms with Crippen molar-refractivity contribution in [3.8, 4) is 11.1 Å². The van der Waals surface area contributed by atoms with Crippen LogP contribution in [0.2, 0.25) is 0 Å². The van der Waals surface area contributed by atoms with Crippen LogP contribution in [0.4, 0.5) is 13.2 Å². The summed E-state index contributed by atoms with van der Waals surface area (Å²) < 4.78 is 38.6. The molecule has 0 N–H and O–H groups in total. The molecule has 0 heterocycles. The van der Waals surface area contributed by atoms with E-state index in [1.54, 1.807) is 6.07 Å². The van der Waals surface area contributed by atoms with E-state index in [-0.39, 0.29) is 6.67 Å². The van der Waals surface area contributed by atoms with E-state index in [1.807, 2.05) is 18.2 Å². The topological polar surface area (TPSA) is 0 Å². The molecule has 2 aromatic rings. The zero-order chi connectivity index (χ0) is 19.1. The van der Waals surface area contributed by atoms with Gasteiger partial charge in [0.05, 0.1) is 6.67 Å². The van der Waals surface area contributed by atoms with Crippen LogP contribution in [0.1, 0.15) is 44.1 Å². The number of hydrogen-bond donors (Lipinski definition) is 0. The van der Waals surface area contributed by atoms with Crippen molar-refractivity contribution in [3.63, 3.8) is 0 Å². The second-order valence-electron chi connectivity index (χ2n) is 7.55. The molecular formula is C24H27F3. The zero-order valence-corrected chi connectivity index (χ0v) is 15.6. The van der Waals surface area contributed by atoms with Crippen molar-refractivity contribution in [1.29, 1.82) is 0 Å². The first-order valence-electron chi connectivity index (χ1n) is 9.92. The number of allylic oxidation sites excluding steroid dienone is 2. The normalized spacial score (nSPS) is 20.3. The quantitative estimate of drug-likeness (QED) is 0.448. The Kier molecular flexibility index (Phi) is 7.14. The van der Waals surface area contributed by atoms with Crippen molar-refractivity contribution in [1.82, 2.24) is 0 Å². The van der Waals surface area contributed by atoms with E-state index in [2.05, 4.69) is 18.2 Å². The molecule has 144 valence electrons. The van der Waals surface area contributed by atoms with Gasteiger partial charge in [0.25, 0.3) is 0 Å². The van der Waals surface area contributed by atoms with E-state index in [1.165, 1.54) is 49.8 Å². The van der Waals surface area contributed by atoms with Gasteiger partial charge in [0, 0.05) is 0 Å². The number of benzene rings is 2. The summed E-state index contributed by atoms with van der Waals surface area (Å²) in [6, 6.07) is 12.1. The molecule has 0 nitrogen and oxygen atoms in total. The van der Waals surface area contributed by atoms with Crippen LogP contribution >= 0.6 is 0 Å². The van der Waals surface area contributed by atoms with Crippen molar-refractivity contribution in [2.24, 2.45) is 11.8 Å². The predicted octanol–water partition coefficient (Wildman–Crippen LogP) is 7.29. The Morgan fingerprint density at radius 3 is 2.22 bits per heavy atom. The summed E-state index contributed by atoms with van der Waals surface area (Å²) >= 11 is 0. The molecule has 3 rings (SSSR count). The van der Waals surface area contributed by atoms with Crippen molar-refractivity contribution >= 4 is 0 Å². The lowest BCUT2D eigenvalue weighted by atomic mass is 9.79. The maximum atomic E-state index is 13.4. The Bertz CT molecular complexity index is 741. The maximum absolute atomic E-state index is 13.4. The minimum Gasteiger partial charge on any atom is -0.251 e. The van der Waals surface area contributed by atoms with Crippen LogP contribution in [-0.4, -0.2) is 6.67 Å². The molecule has 0 radical (unpaired) electrons. The minimum atomic E-state index is -0.817. The minimum absolute atomic E-state index is 0.263.